The topological polar surface area (TPSA) is 403 Å². The lowest BCUT2D eigenvalue weighted by molar-refractivity contribution is -0.143. The van der Waals surface area contributed by atoms with Crippen LogP contribution in [-0.4, -0.2) is 150 Å². The summed E-state index contributed by atoms with van der Waals surface area (Å²) >= 11 is 0. The molecule has 7 aromatic rings. The Morgan fingerprint density at radius 1 is 0.395 bits per heavy atom. The Balaban J connectivity index is 0.783. The lowest BCUT2D eigenvalue weighted by Crippen LogP contribution is -2.29. The maximum absolute atomic E-state index is 13.3. The largest absolute Gasteiger partial charge is 0.466 e. The first-order chi connectivity index (χ1) is 41.0. The molecular formula is C53H65N21O12. The van der Waals surface area contributed by atoms with Crippen LogP contribution in [0.5, 0.6) is 0 Å². The number of aromatic nitrogens is 11. The molecule has 0 fully saturated rings. The van der Waals surface area contributed by atoms with Gasteiger partial charge in [0.05, 0.1) is 30.1 Å². The number of nitrogens with one attached hydrogen (secondary N) is 10. The molecule has 0 saturated heterocycles. The van der Waals surface area contributed by atoms with E-state index < -0.39 is 65.0 Å². The van der Waals surface area contributed by atoms with Crippen LogP contribution in [0.25, 0.3) is 0 Å². The highest BCUT2D eigenvalue weighted by atomic mass is 16.5. The van der Waals surface area contributed by atoms with E-state index >= 15 is 0 Å². The molecule has 7 rings (SSSR count). The SMILES string of the molecule is CCOC(=O)CCNC(=O)c1nc(NC(=O)c2cc(NC(=O)CCNC(=O)c3nc(NC(=O)CCCNC(=O)c4cc(NC(=O)c5nc(NC(=O)c6cc(NC(=O)CCNC(=O)c7nccn7C)cn6C)cn5C)cn4C)cn3C)cn2C)cn1C. The summed E-state index contributed by atoms with van der Waals surface area (Å²) < 4.78 is 15.1. The maximum Gasteiger partial charge on any atom is 0.307 e. The normalized spacial score (nSPS) is 10.8. The van der Waals surface area contributed by atoms with Crippen molar-refractivity contribution < 1.29 is 57.5 Å². The minimum atomic E-state index is -0.639. The van der Waals surface area contributed by atoms with Crippen LogP contribution in [0.1, 0.15) is 113 Å². The van der Waals surface area contributed by atoms with Gasteiger partial charge in [0.25, 0.3) is 41.4 Å². The number of anilines is 6. The van der Waals surface area contributed by atoms with Gasteiger partial charge in [-0.3, -0.25) is 52.7 Å². The lowest BCUT2D eigenvalue weighted by Gasteiger charge is -2.06. The van der Waals surface area contributed by atoms with E-state index in [-0.39, 0.29) is 128 Å². The summed E-state index contributed by atoms with van der Waals surface area (Å²) in [4.78, 5) is 157. The average Bonchev–Trinajstić information content (AvgIpc) is 4.28. The van der Waals surface area contributed by atoms with Gasteiger partial charge in [0.2, 0.25) is 35.2 Å². The van der Waals surface area contributed by atoms with Gasteiger partial charge >= 0.3 is 5.97 Å². The van der Waals surface area contributed by atoms with Gasteiger partial charge in [-0.1, -0.05) is 0 Å². The van der Waals surface area contributed by atoms with Crippen molar-refractivity contribution in [2.24, 2.45) is 49.3 Å². The number of amides is 10. The second-order valence-corrected chi connectivity index (χ2v) is 19.4. The predicted molar refractivity (Wildman–Crippen MR) is 308 cm³/mol. The summed E-state index contributed by atoms with van der Waals surface area (Å²) in [7, 11) is 11.2. The Bertz CT molecular complexity index is 3740. The molecule has 86 heavy (non-hydrogen) atoms. The number of nitrogens with zero attached hydrogens (tertiary/aromatic N) is 11. The number of ether oxygens (including phenoxy) is 1. The third kappa shape index (κ3) is 16.5. The van der Waals surface area contributed by atoms with E-state index in [1.54, 1.807) is 73.2 Å². The van der Waals surface area contributed by atoms with Gasteiger partial charge in [-0.05, 0) is 31.5 Å². The van der Waals surface area contributed by atoms with Gasteiger partial charge < -0.3 is 89.9 Å². The Morgan fingerprint density at radius 2 is 0.791 bits per heavy atom. The molecule has 0 atom stereocenters. The van der Waals surface area contributed by atoms with Crippen LogP contribution in [0.3, 0.4) is 0 Å². The van der Waals surface area contributed by atoms with Crippen molar-refractivity contribution in [2.45, 2.75) is 39.0 Å². The zero-order valence-electron chi connectivity index (χ0n) is 48.2. The van der Waals surface area contributed by atoms with Crippen LogP contribution >= 0.6 is 0 Å². The van der Waals surface area contributed by atoms with Gasteiger partial charge in [-0.15, -0.1) is 0 Å². The molecule has 0 saturated carbocycles. The van der Waals surface area contributed by atoms with E-state index in [1.807, 2.05) is 0 Å². The van der Waals surface area contributed by atoms with Crippen molar-refractivity contribution in [3.63, 3.8) is 0 Å². The Hall–Kier alpha value is -11.2. The van der Waals surface area contributed by atoms with Crippen molar-refractivity contribution in [2.75, 3.05) is 64.7 Å². The fourth-order valence-corrected chi connectivity index (χ4v) is 8.44. The van der Waals surface area contributed by atoms with Crippen LogP contribution in [0.4, 0.5) is 34.5 Å². The van der Waals surface area contributed by atoms with E-state index in [4.69, 9.17) is 4.74 Å². The first-order valence-electron chi connectivity index (χ1n) is 26.6. The van der Waals surface area contributed by atoms with E-state index in [2.05, 4.69) is 73.1 Å². The van der Waals surface area contributed by atoms with Gasteiger partial charge in [0, 0.05) is 144 Å². The minimum absolute atomic E-state index is 0.00398. The Labute approximate surface area is 490 Å². The van der Waals surface area contributed by atoms with Crippen LogP contribution in [-0.2, 0) is 73.2 Å². The first kappa shape index (κ1) is 62.5. The molecule has 10 N–H and O–H groups in total. The molecule has 454 valence electrons. The van der Waals surface area contributed by atoms with Crippen molar-refractivity contribution >= 4 is 99.6 Å². The van der Waals surface area contributed by atoms with E-state index in [0.29, 0.717) is 11.4 Å². The van der Waals surface area contributed by atoms with Crippen LogP contribution in [0.2, 0.25) is 0 Å². The summed E-state index contributed by atoms with van der Waals surface area (Å²) in [5.74, 6) is -5.28. The van der Waals surface area contributed by atoms with Gasteiger partial charge in [0.15, 0.2) is 23.3 Å². The summed E-state index contributed by atoms with van der Waals surface area (Å²) in [5.41, 5.74) is 1.45. The molecule has 0 aliphatic carbocycles. The molecular weight excluding hydrogens is 1120 g/mol. The van der Waals surface area contributed by atoms with Crippen LogP contribution < -0.4 is 53.2 Å². The van der Waals surface area contributed by atoms with Crippen molar-refractivity contribution in [3.8, 4) is 0 Å². The molecule has 0 aromatic carbocycles. The quantitative estimate of drug-likeness (QED) is 0.0251. The number of rotatable bonds is 27. The highest BCUT2D eigenvalue weighted by molar-refractivity contribution is 6.07. The number of hydrogen-bond donors (Lipinski definition) is 10. The van der Waals surface area contributed by atoms with Crippen LogP contribution in [0.15, 0.2) is 67.8 Å². The number of carbonyl (C=O) groups is 11. The fraction of sp³-hybridized carbons (Fsp3) is 0.340. The van der Waals surface area contributed by atoms with E-state index in [9.17, 15) is 52.7 Å². The maximum atomic E-state index is 13.3. The number of esters is 1. The van der Waals surface area contributed by atoms with Gasteiger partial charge in [-0.25, -0.2) is 19.9 Å². The summed E-state index contributed by atoms with van der Waals surface area (Å²) in [6.45, 7) is 2.02. The lowest BCUT2D eigenvalue weighted by atomic mass is 10.3. The summed E-state index contributed by atoms with van der Waals surface area (Å²) in [6, 6.07) is 4.36. The Morgan fingerprint density at radius 3 is 1.24 bits per heavy atom. The molecule has 7 aromatic heterocycles. The molecule has 7 heterocycles. The number of imidazole rings is 4. The zero-order chi connectivity index (χ0) is 62.4. The highest BCUT2D eigenvalue weighted by Crippen LogP contribution is 2.20. The van der Waals surface area contributed by atoms with Crippen molar-refractivity contribution in [3.05, 3.63) is 108 Å². The second-order valence-electron chi connectivity index (χ2n) is 19.4. The number of hydrogen-bond acceptors (Lipinski definition) is 16. The van der Waals surface area contributed by atoms with Crippen LogP contribution in [0, 0.1) is 0 Å². The molecule has 0 bridgehead atoms. The first-order valence-corrected chi connectivity index (χ1v) is 26.6. The fourth-order valence-electron chi connectivity index (χ4n) is 8.44. The van der Waals surface area contributed by atoms with Crippen molar-refractivity contribution in [1.29, 1.82) is 0 Å². The zero-order valence-corrected chi connectivity index (χ0v) is 48.2. The van der Waals surface area contributed by atoms with E-state index in [0.717, 1.165) is 0 Å². The highest BCUT2D eigenvalue weighted by Gasteiger charge is 2.23. The summed E-state index contributed by atoms with van der Waals surface area (Å²) in [5, 5.41) is 26.5. The third-order valence-electron chi connectivity index (χ3n) is 12.6. The third-order valence-corrected chi connectivity index (χ3v) is 12.6. The average molecular weight is 1190 g/mol. The smallest absolute Gasteiger partial charge is 0.307 e. The summed E-state index contributed by atoms with van der Waals surface area (Å²) in [6.07, 6.45) is 12.0. The molecule has 33 heteroatoms. The van der Waals surface area contributed by atoms with Gasteiger partial charge in [0.1, 0.15) is 17.1 Å². The second kappa shape index (κ2) is 28.2. The Kier molecular flexibility index (Phi) is 20.5. The number of aryl methyl sites for hydroxylation is 7. The molecule has 0 aliphatic rings. The molecule has 10 amide bonds. The minimum Gasteiger partial charge on any atom is -0.466 e. The molecule has 0 radical (unpaired) electrons. The molecule has 0 spiro atoms. The van der Waals surface area contributed by atoms with Crippen molar-refractivity contribution in [1.82, 2.24) is 73.2 Å². The number of carbonyl (C=O) groups excluding carboxylic acids is 11. The molecule has 0 unspecified atom stereocenters. The molecule has 0 aliphatic heterocycles. The van der Waals surface area contributed by atoms with Gasteiger partial charge in [-0.2, -0.15) is 0 Å². The molecule has 33 nitrogen and oxygen atoms in total. The standard InChI is InChI=1S/C53H65N21O12/c1-9-86-42(78)14-18-58-52(84)45-64-37(28-73(45)7)66-48(80)34-21-31(25-70(34)4)60-41(77)13-17-57-51(83)44-63-36(27-72(44)6)62-39(75)11-10-15-55-47(79)33-23-32(26-69(33)3)61-53(85)46-65-38(29-74(46)8)67-49(81)35-22-30(24-71(35)5)59-40(76)12-16-56-50(82)43-54-19-20-68(43)2/h19-29H,9-18H2,1-8H3,(H,55,79)(H,56,82)(H,57,83)(H,58,84)(H,59,76)(H,60,77)(H,61,85)(H,62,75)(H,66,80)(H,67,81). The predicted octanol–water partition coefficient (Wildman–Crippen LogP) is 0.742. The monoisotopic (exact) mass is 1190 g/mol. The van der Waals surface area contributed by atoms with E-state index in [1.165, 1.54) is 82.8 Å².